The van der Waals surface area contributed by atoms with Gasteiger partial charge >= 0.3 is 0 Å². The summed E-state index contributed by atoms with van der Waals surface area (Å²) in [6, 6.07) is 1.89. The third-order valence-corrected chi connectivity index (χ3v) is 1.45. The molecule has 0 bridgehead atoms. The highest BCUT2D eigenvalue weighted by molar-refractivity contribution is 5.00. The Hall–Kier alpha value is -0.830. The van der Waals surface area contributed by atoms with Crippen molar-refractivity contribution >= 4 is 0 Å². The summed E-state index contributed by atoms with van der Waals surface area (Å²) in [5, 5.41) is 6.69. The molecule has 1 heterocycles. The number of hydrogen-bond acceptors (Lipinski definition) is 3. The molecule has 0 radical (unpaired) electrons. The van der Waals surface area contributed by atoms with Crippen LogP contribution in [0, 0.1) is 0 Å². The smallest absolute Gasteiger partial charge is 0.140 e. The van der Waals surface area contributed by atoms with Crippen LogP contribution in [-0.4, -0.2) is 18.7 Å². The van der Waals surface area contributed by atoms with Gasteiger partial charge in [0.15, 0.2) is 0 Å². The van der Waals surface area contributed by atoms with Crippen LogP contribution in [0.1, 0.15) is 18.6 Å². The van der Waals surface area contributed by atoms with Gasteiger partial charge in [0.2, 0.25) is 0 Å². The molecule has 1 rings (SSSR count). The number of aromatic nitrogens is 1. The van der Waals surface area contributed by atoms with E-state index in [4.69, 9.17) is 4.52 Å². The number of nitrogens with one attached hydrogen (secondary N) is 1. The summed E-state index contributed by atoms with van der Waals surface area (Å²) < 4.78 is 4.96. The minimum Gasteiger partial charge on any atom is -0.361 e. The van der Waals surface area contributed by atoms with Crippen molar-refractivity contribution in [3.05, 3.63) is 18.0 Å². The fraction of sp³-hybridized carbons (Fsp3) is 0.571. The highest BCUT2D eigenvalue weighted by Gasteiger charge is 2.06. The molecular formula is C7H12N2O. The molecule has 1 N–H and O–H groups in total. The molecular weight excluding hydrogens is 128 g/mol. The number of likely N-dealkylation sites (N-methyl/N-ethyl adjacent to an activating group) is 1. The predicted molar refractivity (Wildman–Crippen MR) is 38.8 cm³/mol. The van der Waals surface area contributed by atoms with Gasteiger partial charge in [0.1, 0.15) is 5.76 Å². The van der Waals surface area contributed by atoms with Gasteiger partial charge in [0, 0.05) is 18.5 Å². The van der Waals surface area contributed by atoms with E-state index in [9.17, 15) is 0 Å². The van der Waals surface area contributed by atoms with Gasteiger partial charge in [0.05, 0.1) is 6.20 Å². The van der Waals surface area contributed by atoms with E-state index in [2.05, 4.69) is 17.4 Å². The van der Waals surface area contributed by atoms with Crippen molar-refractivity contribution in [1.82, 2.24) is 10.5 Å². The molecule has 0 saturated heterocycles. The van der Waals surface area contributed by atoms with Crippen molar-refractivity contribution in [2.24, 2.45) is 0 Å². The molecule has 0 aliphatic heterocycles. The summed E-state index contributed by atoms with van der Waals surface area (Å²) in [4.78, 5) is 0. The Morgan fingerprint density at radius 2 is 2.60 bits per heavy atom. The van der Waals surface area contributed by atoms with Crippen LogP contribution in [0.5, 0.6) is 0 Å². The summed E-state index contributed by atoms with van der Waals surface area (Å²) in [5.41, 5.74) is 0. The quantitative estimate of drug-likeness (QED) is 0.680. The summed E-state index contributed by atoms with van der Waals surface area (Å²) in [6.45, 7) is 3.02. The van der Waals surface area contributed by atoms with Crippen molar-refractivity contribution in [2.75, 3.05) is 13.6 Å². The molecule has 1 unspecified atom stereocenters. The van der Waals surface area contributed by atoms with Crippen LogP contribution in [0.15, 0.2) is 16.8 Å². The molecule has 3 heteroatoms. The minimum absolute atomic E-state index is 0.410. The molecule has 0 aliphatic rings. The van der Waals surface area contributed by atoms with Gasteiger partial charge < -0.3 is 9.84 Å². The van der Waals surface area contributed by atoms with Gasteiger partial charge in [0.25, 0.3) is 0 Å². The second-order valence-electron chi connectivity index (χ2n) is 2.37. The van der Waals surface area contributed by atoms with Crippen LogP contribution in [0.4, 0.5) is 0 Å². The Labute approximate surface area is 60.4 Å². The van der Waals surface area contributed by atoms with Crippen molar-refractivity contribution in [1.29, 1.82) is 0 Å². The molecule has 1 aromatic heterocycles. The second kappa shape index (κ2) is 3.37. The zero-order valence-corrected chi connectivity index (χ0v) is 6.29. The monoisotopic (exact) mass is 140 g/mol. The Bertz CT molecular complexity index is 172. The molecule has 3 nitrogen and oxygen atoms in total. The lowest BCUT2D eigenvalue weighted by Gasteiger charge is -2.04. The third kappa shape index (κ3) is 1.57. The number of rotatable bonds is 3. The normalized spacial score (nSPS) is 13.4. The summed E-state index contributed by atoms with van der Waals surface area (Å²) >= 11 is 0. The van der Waals surface area contributed by atoms with Crippen LogP contribution in [-0.2, 0) is 0 Å². The maximum atomic E-state index is 4.96. The van der Waals surface area contributed by atoms with Gasteiger partial charge in [-0.3, -0.25) is 0 Å². The Kier molecular flexibility index (Phi) is 2.45. The first-order valence-electron chi connectivity index (χ1n) is 3.39. The Morgan fingerprint density at radius 1 is 1.80 bits per heavy atom. The summed E-state index contributed by atoms with van der Waals surface area (Å²) in [6.07, 6.45) is 1.67. The van der Waals surface area contributed by atoms with Crippen LogP contribution >= 0.6 is 0 Å². The van der Waals surface area contributed by atoms with Crippen LogP contribution in [0.3, 0.4) is 0 Å². The number of nitrogens with zero attached hydrogens (tertiary/aromatic N) is 1. The van der Waals surface area contributed by atoms with Crippen LogP contribution < -0.4 is 5.32 Å². The zero-order chi connectivity index (χ0) is 7.40. The maximum absolute atomic E-state index is 4.96. The van der Waals surface area contributed by atoms with Crippen LogP contribution in [0.2, 0.25) is 0 Å². The third-order valence-electron chi connectivity index (χ3n) is 1.45. The first kappa shape index (κ1) is 7.28. The van der Waals surface area contributed by atoms with Gasteiger partial charge in [-0.15, -0.1) is 0 Å². The lowest BCUT2D eigenvalue weighted by atomic mass is 10.1. The fourth-order valence-electron chi connectivity index (χ4n) is 0.887. The summed E-state index contributed by atoms with van der Waals surface area (Å²) in [7, 11) is 1.92. The largest absolute Gasteiger partial charge is 0.361 e. The average Bonchev–Trinajstić information content (AvgIpc) is 2.38. The van der Waals surface area contributed by atoms with Gasteiger partial charge in [-0.2, -0.15) is 0 Å². The van der Waals surface area contributed by atoms with E-state index in [1.54, 1.807) is 6.20 Å². The first-order chi connectivity index (χ1) is 4.84. The van der Waals surface area contributed by atoms with Crippen LogP contribution in [0.25, 0.3) is 0 Å². The van der Waals surface area contributed by atoms with E-state index in [1.807, 2.05) is 13.1 Å². The standard InChI is InChI=1S/C7H12N2O/c1-6(5-8-2)7-3-4-9-10-7/h3-4,6,8H,5H2,1-2H3. The van der Waals surface area contributed by atoms with E-state index in [1.165, 1.54) is 0 Å². The predicted octanol–water partition coefficient (Wildman–Crippen LogP) is 0.997. The highest BCUT2D eigenvalue weighted by atomic mass is 16.5. The molecule has 0 fully saturated rings. The molecule has 1 atom stereocenters. The Morgan fingerprint density at radius 3 is 3.10 bits per heavy atom. The molecule has 0 spiro atoms. The van der Waals surface area contributed by atoms with Crippen molar-refractivity contribution < 1.29 is 4.52 Å². The van der Waals surface area contributed by atoms with Gasteiger partial charge in [-0.1, -0.05) is 12.1 Å². The SMILES string of the molecule is CNCC(C)c1ccno1. The van der Waals surface area contributed by atoms with E-state index < -0.39 is 0 Å². The van der Waals surface area contributed by atoms with E-state index in [0.29, 0.717) is 5.92 Å². The lowest BCUT2D eigenvalue weighted by Crippen LogP contribution is -2.14. The molecule has 0 saturated carbocycles. The number of hydrogen-bond donors (Lipinski definition) is 1. The molecule has 1 aromatic rings. The average molecular weight is 140 g/mol. The second-order valence-corrected chi connectivity index (χ2v) is 2.37. The lowest BCUT2D eigenvalue weighted by molar-refractivity contribution is 0.363. The Balaban J connectivity index is 2.50. The first-order valence-corrected chi connectivity index (χ1v) is 3.39. The molecule has 0 amide bonds. The maximum Gasteiger partial charge on any atom is 0.140 e. The van der Waals surface area contributed by atoms with E-state index >= 15 is 0 Å². The van der Waals surface area contributed by atoms with Gasteiger partial charge in [-0.05, 0) is 7.05 Å². The topological polar surface area (TPSA) is 38.1 Å². The molecule has 0 aromatic carbocycles. The molecule has 10 heavy (non-hydrogen) atoms. The summed E-state index contributed by atoms with van der Waals surface area (Å²) in [5.74, 6) is 1.35. The van der Waals surface area contributed by atoms with Gasteiger partial charge in [-0.25, -0.2) is 0 Å². The van der Waals surface area contributed by atoms with E-state index in [0.717, 1.165) is 12.3 Å². The van der Waals surface area contributed by atoms with Crippen molar-refractivity contribution in [3.8, 4) is 0 Å². The molecule has 56 valence electrons. The fourth-order valence-corrected chi connectivity index (χ4v) is 0.887. The molecule has 0 aliphatic carbocycles. The van der Waals surface area contributed by atoms with Crippen molar-refractivity contribution in [2.45, 2.75) is 12.8 Å². The zero-order valence-electron chi connectivity index (χ0n) is 6.29. The minimum atomic E-state index is 0.410. The van der Waals surface area contributed by atoms with E-state index in [-0.39, 0.29) is 0 Å². The van der Waals surface area contributed by atoms with Crippen molar-refractivity contribution in [3.63, 3.8) is 0 Å². The highest BCUT2D eigenvalue weighted by Crippen LogP contribution is 2.11.